The molecule has 0 spiro atoms. The third-order valence-electron chi connectivity index (χ3n) is 11.9. The first-order chi connectivity index (χ1) is 23.4. The highest BCUT2D eigenvalue weighted by atomic mass is 19.1. The number of nitrogens with zero attached hydrogens (tertiary/aromatic N) is 2. The molecule has 1 unspecified atom stereocenters. The number of anilines is 1. The Morgan fingerprint density at radius 1 is 0.959 bits per heavy atom. The van der Waals surface area contributed by atoms with Crippen LogP contribution in [0.3, 0.4) is 0 Å². The molecule has 2 N–H and O–H groups in total. The van der Waals surface area contributed by atoms with E-state index in [1.807, 2.05) is 19.9 Å². The van der Waals surface area contributed by atoms with Crippen molar-refractivity contribution in [3.05, 3.63) is 65.2 Å². The third-order valence-corrected chi connectivity index (χ3v) is 11.9. The molecule has 10 heteroatoms. The minimum Gasteiger partial charge on any atom is -0.481 e. The van der Waals surface area contributed by atoms with Crippen LogP contribution in [0, 0.1) is 29.4 Å². The number of benzene rings is 2. The van der Waals surface area contributed by atoms with Gasteiger partial charge >= 0.3 is 12.0 Å². The number of hydrogen-bond acceptors (Lipinski definition) is 4. The van der Waals surface area contributed by atoms with Gasteiger partial charge in [0.05, 0.1) is 29.2 Å². The summed E-state index contributed by atoms with van der Waals surface area (Å²) in [5.41, 5.74) is 1.34. The number of nitrogens with one attached hydrogen (secondary N) is 1. The number of piperidine rings is 1. The lowest BCUT2D eigenvalue weighted by molar-refractivity contribution is -0.143. The summed E-state index contributed by atoms with van der Waals surface area (Å²) in [5.74, 6) is -1.69. The molecule has 2 saturated carbocycles. The number of hydrogen-bond donors (Lipinski definition) is 2. The van der Waals surface area contributed by atoms with E-state index in [2.05, 4.69) is 19.2 Å². The first-order valence-electron chi connectivity index (χ1n) is 18.2. The van der Waals surface area contributed by atoms with Crippen LogP contribution in [0.4, 0.5) is 19.3 Å². The third kappa shape index (κ3) is 7.21. The van der Waals surface area contributed by atoms with Gasteiger partial charge in [-0.3, -0.25) is 14.5 Å². The van der Waals surface area contributed by atoms with Crippen LogP contribution in [0.2, 0.25) is 0 Å². The summed E-state index contributed by atoms with van der Waals surface area (Å²) in [5, 5.41) is 12.8. The second-order valence-corrected chi connectivity index (χ2v) is 15.4. The summed E-state index contributed by atoms with van der Waals surface area (Å²) in [6, 6.07) is 10.2. The molecule has 1 saturated heterocycles. The van der Waals surface area contributed by atoms with E-state index in [0.717, 1.165) is 31.2 Å². The van der Waals surface area contributed by atoms with Crippen molar-refractivity contribution in [3.63, 3.8) is 0 Å². The molecule has 2 aliphatic heterocycles. The molecule has 0 bridgehead atoms. The minimum absolute atomic E-state index is 0.00971. The van der Waals surface area contributed by atoms with Gasteiger partial charge in [-0.2, -0.15) is 0 Å². The summed E-state index contributed by atoms with van der Waals surface area (Å²) >= 11 is 0. The van der Waals surface area contributed by atoms with Crippen LogP contribution in [0.25, 0.3) is 0 Å². The maximum atomic E-state index is 14.7. The van der Waals surface area contributed by atoms with Crippen molar-refractivity contribution in [1.82, 2.24) is 10.2 Å². The smallest absolute Gasteiger partial charge is 0.324 e. The monoisotopic (exact) mass is 679 g/mol. The number of amides is 3. The van der Waals surface area contributed by atoms with Gasteiger partial charge in [0.15, 0.2) is 0 Å². The number of ether oxygens (including phenoxy) is 1. The van der Waals surface area contributed by atoms with E-state index in [-0.39, 0.29) is 53.9 Å². The molecule has 2 aliphatic carbocycles. The number of carbonyl (C=O) groups excluding carboxylic acids is 2. The Balaban J connectivity index is 1.20. The Hall–Kier alpha value is -3.53. The summed E-state index contributed by atoms with van der Waals surface area (Å²) in [4.78, 5) is 43.9. The molecule has 3 amide bonds. The molecule has 4 aliphatic rings. The fourth-order valence-electron chi connectivity index (χ4n) is 9.25. The average Bonchev–Trinajstić information content (AvgIpc) is 3.44. The number of fused-ring (bicyclic) bond motifs is 1. The van der Waals surface area contributed by atoms with Crippen LogP contribution in [-0.4, -0.2) is 65.3 Å². The van der Waals surface area contributed by atoms with Gasteiger partial charge in [0, 0.05) is 31.1 Å². The summed E-state index contributed by atoms with van der Waals surface area (Å²) in [6.07, 6.45) is 6.61. The van der Waals surface area contributed by atoms with Gasteiger partial charge in [0.2, 0.25) is 5.91 Å². The molecule has 2 aromatic carbocycles. The highest BCUT2D eigenvalue weighted by Crippen LogP contribution is 2.47. The van der Waals surface area contributed by atoms with Crippen LogP contribution in [0.15, 0.2) is 42.5 Å². The fraction of sp³-hybridized carbons (Fsp3) is 0.615. The Kier molecular flexibility index (Phi) is 10.4. The van der Waals surface area contributed by atoms with Crippen LogP contribution in [-0.2, 0) is 19.7 Å². The highest BCUT2D eigenvalue weighted by Gasteiger charge is 2.49. The van der Waals surface area contributed by atoms with Gasteiger partial charge < -0.3 is 20.1 Å². The Bertz CT molecular complexity index is 1530. The van der Waals surface area contributed by atoms with Crippen LogP contribution >= 0.6 is 0 Å². The summed E-state index contributed by atoms with van der Waals surface area (Å²) in [6.45, 7) is 8.83. The van der Waals surface area contributed by atoms with Gasteiger partial charge in [-0.1, -0.05) is 25.1 Å². The summed E-state index contributed by atoms with van der Waals surface area (Å²) in [7, 11) is 0. The van der Waals surface area contributed by atoms with Gasteiger partial charge in [0.1, 0.15) is 11.6 Å². The van der Waals surface area contributed by atoms with Crippen molar-refractivity contribution in [2.75, 3.05) is 18.0 Å². The van der Waals surface area contributed by atoms with Crippen molar-refractivity contribution in [1.29, 1.82) is 0 Å². The van der Waals surface area contributed by atoms with Crippen LogP contribution < -0.4 is 10.2 Å². The van der Waals surface area contributed by atoms with Gasteiger partial charge in [-0.15, -0.1) is 0 Å². The molecule has 266 valence electrons. The lowest BCUT2D eigenvalue weighted by Crippen LogP contribution is -2.59. The first kappa shape index (κ1) is 35.3. The predicted molar refractivity (Wildman–Crippen MR) is 183 cm³/mol. The average molecular weight is 680 g/mol. The molecule has 2 aromatic rings. The Morgan fingerprint density at radius 3 is 2.29 bits per heavy atom. The largest absolute Gasteiger partial charge is 0.481 e. The highest BCUT2D eigenvalue weighted by molar-refractivity contribution is 5.96. The SMILES string of the molecule is CC(C)OC1CCC(C2CN(C(=O)N3CC[C@@](C(=O)N[C@H]4CC[C@H](C(=O)O)C[C@@H]4C)(c4ccc(F)cc4)C[C@@H]3C)c3cc(F)ccc32)CC1. The minimum atomic E-state index is -0.998. The molecule has 49 heavy (non-hydrogen) atoms. The second-order valence-electron chi connectivity index (χ2n) is 15.4. The zero-order valence-corrected chi connectivity index (χ0v) is 29.2. The Labute approximate surface area is 288 Å². The first-order valence-corrected chi connectivity index (χ1v) is 18.2. The lowest BCUT2D eigenvalue weighted by atomic mass is 9.69. The molecule has 0 aromatic heterocycles. The van der Waals surface area contributed by atoms with Gasteiger partial charge in [-0.05, 0) is 126 Å². The van der Waals surface area contributed by atoms with Gasteiger partial charge in [-0.25, -0.2) is 13.6 Å². The predicted octanol–water partition coefficient (Wildman–Crippen LogP) is 7.40. The van der Waals surface area contributed by atoms with Crippen LogP contribution in [0.1, 0.15) is 103 Å². The molecule has 3 fully saturated rings. The molecule has 6 rings (SSSR count). The number of halogens is 2. The number of carbonyl (C=O) groups is 3. The quantitative estimate of drug-likeness (QED) is 0.318. The van der Waals surface area contributed by atoms with Crippen molar-refractivity contribution in [3.8, 4) is 0 Å². The number of urea groups is 1. The van der Waals surface area contributed by atoms with E-state index in [0.29, 0.717) is 62.4 Å². The van der Waals surface area contributed by atoms with Crippen molar-refractivity contribution >= 4 is 23.6 Å². The number of rotatable bonds is 7. The number of likely N-dealkylation sites (tertiary alicyclic amines) is 1. The maximum absolute atomic E-state index is 14.7. The lowest BCUT2D eigenvalue weighted by Gasteiger charge is -2.47. The molecule has 2 heterocycles. The van der Waals surface area contributed by atoms with Crippen LogP contribution in [0.5, 0.6) is 0 Å². The number of carboxylic acids is 1. The van der Waals surface area contributed by atoms with E-state index < -0.39 is 23.1 Å². The number of carboxylic acid groups (broad SMARTS) is 1. The molecular formula is C39H51F2N3O5. The zero-order chi connectivity index (χ0) is 35.0. The molecular weight excluding hydrogens is 628 g/mol. The van der Waals surface area contributed by atoms with E-state index in [4.69, 9.17) is 4.74 Å². The fourth-order valence-corrected chi connectivity index (χ4v) is 9.25. The van der Waals surface area contributed by atoms with Gasteiger partial charge in [0.25, 0.3) is 0 Å². The topological polar surface area (TPSA) is 99.2 Å². The zero-order valence-electron chi connectivity index (χ0n) is 29.2. The standard InChI is InChI=1S/C39H51F2N3O5/c1-23(2)49-31-13-5-26(6-14-31)33-22-44(35-20-30(41)12-15-32(33)35)38(48)43-18-17-39(21-25(43)4,28-8-10-29(40)11-9-28)37(47)42-34-16-7-27(36(45)46)19-24(34)3/h8-12,15,20,23-27,31,33-34H,5-7,13-14,16-19,21-22H2,1-4H3,(H,42,47)(H,45,46)/t24-,25-,26?,27-,31?,33?,34-,39-/m0/s1. The van der Waals surface area contributed by atoms with Crippen molar-refractivity contribution < 1.29 is 33.0 Å². The normalized spacial score (nSPS) is 31.8. The second kappa shape index (κ2) is 14.4. The summed E-state index contributed by atoms with van der Waals surface area (Å²) < 4.78 is 34.8. The number of aliphatic carboxylic acids is 1. The molecule has 0 radical (unpaired) electrons. The maximum Gasteiger partial charge on any atom is 0.324 e. The van der Waals surface area contributed by atoms with E-state index in [1.54, 1.807) is 21.9 Å². The van der Waals surface area contributed by atoms with E-state index >= 15 is 0 Å². The van der Waals surface area contributed by atoms with E-state index in [1.165, 1.54) is 24.3 Å². The van der Waals surface area contributed by atoms with Crippen molar-refractivity contribution in [2.24, 2.45) is 17.8 Å². The van der Waals surface area contributed by atoms with E-state index in [9.17, 15) is 28.3 Å². The Morgan fingerprint density at radius 2 is 1.65 bits per heavy atom. The molecule has 8 nitrogen and oxygen atoms in total. The van der Waals surface area contributed by atoms with Crippen molar-refractivity contribution in [2.45, 2.75) is 121 Å². The molecule has 6 atom stereocenters.